The van der Waals surface area contributed by atoms with E-state index in [1.807, 2.05) is 20.8 Å². The van der Waals surface area contributed by atoms with Crippen molar-refractivity contribution in [2.45, 2.75) is 20.8 Å². The van der Waals surface area contributed by atoms with Crippen molar-refractivity contribution in [1.82, 2.24) is 0 Å². The van der Waals surface area contributed by atoms with Gasteiger partial charge in [-0.2, -0.15) is 0 Å². The first-order valence-electron chi connectivity index (χ1n) is 3.87. The quantitative estimate of drug-likeness (QED) is 0.526. The van der Waals surface area contributed by atoms with Gasteiger partial charge in [-0.1, -0.05) is 32.6 Å². The van der Waals surface area contributed by atoms with E-state index in [1.54, 1.807) is 18.2 Å². The Balaban J connectivity index is 0. The van der Waals surface area contributed by atoms with Crippen LogP contribution in [-0.2, 0) is 0 Å². The number of hydrogen-bond acceptors (Lipinski definition) is 3. The van der Waals surface area contributed by atoms with Gasteiger partial charge in [0.15, 0.2) is 0 Å². The largest absolute Gasteiger partial charge is 0.398 e. The van der Waals surface area contributed by atoms with Crippen LogP contribution in [0.2, 0.25) is 0 Å². The Hall–Kier alpha value is -0.670. The van der Waals surface area contributed by atoms with E-state index in [4.69, 9.17) is 10.9 Å². The molecule has 0 aliphatic rings. The van der Waals surface area contributed by atoms with Gasteiger partial charge in [0.1, 0.15) is 0 Å². The summed E-state index contributed by atoms with van der Waals surface area (Å²) in [5.74, 6) is 0. The molecule has 2 nitrogen and oxygen atoms in total. The smallest absolute Gasteiger partial charge is 0.0451 e. The average molecular weight is 186 g/mol. The Labute approximate surface area is 79.5 Å². The van der Waals surface area contributed by atoms with E-state index < -0.39 is 0 Å². The monoisotopic (exact) mass is 186 g/mol. The summed E-state index contributed by atoms with van der Waals surface area (Å²) in [6, 6.07) is 0. The second-order valence-corrected chi connectivity index (χ2v) is 2.30. The fourth-order valence-electron chi connectivity index (χ4n) is 0.453. The lowest BCUT2D eigenvalue weighted by atomic mass is 10.3. The van der Waals surface area contributed by atoms with Gasteiger partial charge in [-0.3, -0.25) is 5.14 Å². The van der Waals surface area contributed by atoms with Crippen molar-refractivity contribution in [3.8, 4) is 0 Å². The third-order valence-corrected chi connectivity index (χ3v) is 1.62. The SMILES string of the molecule is C=C/C=C(SN)\C(N)=C/C.CC. The highest BCUT2D eigenvalue weighted by atomic mass is 32.2. The van der Waals surface area contributed by atoms with Crippen LogP contribution < -0.4 is 10.9 Å². The van der Waals surface area contributed by atoms with Crippen molar-refractivity contribution >= 4 is 11.9 Å². The molecule has 0 bridgehead atoms. The van der Waals surface area contributed by atoms with E-state index in [2.05, 4.69) is 6.58 Å². The van der Waals surface area contributed by atoms with Crippen LogP contribution in [-0.4, -0.2) is 0 Å². The fraction of sp³-hybridized carbons (Fsp3) is 0.333. The predicted molar refractivity (Wildman–Crippen MR) is 59.4 cm³/mol. The van der Waals surface area contributed by atoms with E-state index in [1.165, 1.54) is 0 Å². The molecule has 70 valence electrons. The zero-order chi connectivity index (χ0) is 9.98. The molecule has 0 aromatic rings. The molecular weight excluding hydrogens is 168 g/mol. The lowest BCUT2D eigenvalue weighted by Crippen LogP contribution is -1.99. The van der Waals surface area contributed by atoms with Gasteiger partial charge >= 0.3 is 0 Å². The van der Waals surface area contributed by atoms with Gasteiger partial charge < -0.3 is 5.73 Å². The maximum Gasteiger partial charge on any atom is 0.0451 e. The number of nitrogens with two attached hydrogens (primary N) is 2. The minimum absolute atomic E-state index is 0.687. The van der Waals surface area contributed by atoms with Crippen LogP contribution in [0.25, 0.3) is 0 Å². The maximum absolute atomic E-state index is 5.56. The van der Waals surface area contributed by atoms with Crippen molar-refractivity contribution in [3.05, 3.63) is 35.4 Å². The highest BCUT2D eigenvalue weighted by Crippen LogP contribution is 2.13. The third kappa shape index (κ3) is 6.07. The predicted octanol–water partition coefficient (Wildman–Crippen LogP) is 2.55. The minimum atomic E-state index is 0.687. The van der Waals surface area contributed by atoms with Crippen LogP contribution in [0.4, 0.5) is 0 Å². The van der Waals surface area contributed by atoms with Crippen LogP contribution >= 0.6 is 11.9 Å². The minimum Gasteiger partial charge on any atom is -0.398 e. The Morgan fingerprint density at radius 3 is 2.17 bits per heavy atom. The molecule has 0 atom stereocenters. The maximum atomic E-state index is 5.56. The molecule has 0 unspecified atom stereocenters. The van der Waals surface area contributed by atoms with Gasteiger partial charge in [0, 0.05) is 10.6 Å². The molecule has 0 saturated heterocycles. The molecule has 0 aromatic carbocycles. The van der Waals surface area contributed by atoms with Gasteiger partial charge in [0.25, 0.3) is 0 Å². The number of hydrogen-bond donors (Lipinski definition) is 2. The van der Waals surface area contributed by atoms with E-state index in [0.717, 1.165) is 16.9 Å². The summed E-state index contributed by atoms with van der Waals surface area (Å²) >= 11 is 1.12. The Bertz CT molecular complexity index is 171. The first-order valence-corrected chi connectivity index (χ1v) is 4.75. The summed E-state index contributed by atoms with van der Waals surface area (Å²) in [7, 11) is 0. The van der Waals surface area contributed by atoms with Gasteiger partial charge in [-0.05, 0) is 24.9 Å². The normalized spacial score (nSPS) is 11.7. The molecule has 12 heavy (non-hydrogen) atoms. The first kappa shape index (κ1) is 13.9. The molecule has 0 rings (SSSR count). The molecular formula is C9H18N2S. The topological polar surface area (TPSA) is 52.0 Å². The fourth-order valence-corrected chi connectivity index (χ4v) is 0.882. The van der Waals surface area contributed by atoms with Crippen LogP contribution in [0.5, 0.6) is 0 Å². The first-order chi connectivity index (χ1) is 5.76. The van der Waals surface area contributed by atoms with Crippen molar-refractivity contribution in [1.29, 1.82) is 0 Å². The van der Waals surface area contributed by atoms with Crippen LogP contribution in [0, 0.1) is 0 Å². The Morgan fingerprint density at radius 1 is 1.42 bits per heavy atom. The third-order valence-electron chi connectivity index (χ3n) is 0.992. The van der Waals surface area contributed by atoms with Gasteiger partial charge in [0.05, 0.1) is 0 Å². The van der Waals surface area contributed by atoms with E-state index in [-0.39, 0.29) is 0 Å². The van der Waals surface area contributed by atoms with Crippen molar-refractivity contribution < 1.29 is 0 Å². The Kier molecular flexibility index (Phi) is 12.0. The van der Waals surface area contributed by atoms with Crippen LogP contribution in [0.3, 0.4) is 0 Å². The van der Waals surface area contributed by atoms with Crippen LogP contribution in [0.1, 0.15) is 20.8 Å². The number of allylic oxidation sites excluding steroid dienone is 3. The molecule has 3 heteroatoms. The molecule has 0 saturated carbocycles. The van der Waals surface area contributed by atoms with E-state index in [9.17, 15) is 0 Å². The molecule has 0 radical (unpaired) electrons. The van der Waals surface area contributed by atoms with E-state index >= 15 is 0 Å². The summed E-state index contributed by atoms with van der Waals surface area (Å²) in [5.41, 5.74) is 6.25. The molecule has 0 aliphatic heterocycles. The molecule has 0 heterocycles. The summed E-state index contributed by atoms with van der Waals surface area (Å²) in [6.45, 7) is 9.40. The molecule has 0 spiro atoms. The second-order valence-electron chi connectivity index (χ2n) is 1.63. The highest BCUT2D eigenvalue weighted by Gasteiger charge is 1.94. The highest BCUT2D eigenvalue weighted by molar-refractivity contribution is 8.01. The molecule has 0 amide bonds. The zero-order valence-electron chi connectivity index (χ0n) is 8.00. The molecule has 0 aromatic heterocycles. The van der Waals surface area contributed by atoms with Crippen molar-refractivity contribution in [2.75, 3.05) is 0 Å². The van der Waals surface area contributed by atoms with Crippen molar-refractivity contribution in [3.63, 3.8) is 0 Å². The average Bonchev–Trinajstić information content (AvgIpc) is 2.16. The second kappa shape index (κ2) is 10.3. The summed E-state index contributed by atoms with van der Waals surface area (Å²) in [6.07, 6.45) is 5.24. The van der Waals surface area contributed by atoms with E-state index in [0.29, 0.717) is 5.70 Å². The molecule has 0 fully saturated rings. The summed E-state index contributed by atoms with van der Waals surface area (Å²) in [4.78, 5) is 0.845. The van der Waals surface area contributed by atoms with Crippen LogP contribution in [0.15, 0.2) is 35.4 Å². The molecule has 4 N–H and O–H groups in total. The standard InChI is InChI=1S/C7H12N2S.C2H6/c1-3-5-7(10-9)6(8)4-2;1-2/h3-5H,1,8-9H2,2H3;1-2H3/b6-4+,7-5+;. The van der Waals surface area contributed by atoms with Gasteiger partial charge in [-0.25, -0.2) is 0 Å². The number of rotatable bonds is 3. The zero-order valence-corrected chi connectivity index (χ0v) is 8.82. The Morgan fingerprint density at radius 2 is 1.92 bits per heavy atom. The molecule has 0 aliphatic carbocycles. The van der Waals surface area contributed by atoms with Gasteiger partial charge in [0.2, 0.25) is 0 Å². The lowest BCUT2D eigenvalue weighted by molar-refractivity contribution is 1.38. The summed E-state index contributed by atoms with van der Waals surface area (Å²) in [5, 5.41) is 5.32. The van der Waals surface area contributed by atoms with Gasteiger partial charge in [-0.15, -0.1) is 0 Å². The van der Waals surface area contributed by atoms with Crippen molar-refractivity contribution in [2.24, 2.45) is 10.9 Å². The lowest BCUT2D eigenvalue weighted by Gasteiger charge is -2.00. The summed E-state index contributed by atoms with van der Waals surface area (Å²) < 4.78 is 0.